The molecule has 0 amide bonds. The van der Waals surface area contributed by atoms with Crippen LogP contribution in [0.1, 0.15) is 22.4 Å². The highest BCUT2D eigenvalue weighted by Gasteiger charge is 2.27. The highest BCUT2D eigenvalue weighted by atomic mass is 19.4. The Labute approximate surface area is 120 Å². The minimum absolute atomic E-state index is 0.307. The fourth-order valence-electron chi connectivity index (χ4n) is 2.67. The maximum Gasteiger partial charge on any atom is 0.393 e. The Morgan fingerprint density at radius 1 is 1.14 bits per heavy atom. The number of hydrogen-bond acceptors (Lipinski definition) is 2. The van der Waals surface area contributed by atoms with Crippen molar-refractivity contribution in [3.8, 4) is 0 Å². The van der Waals surface area contributed by atoms with Crippen molar-refractivity contribution in [3.05, 3.63) is 52.8 Å². The van der Waals surface area contributed by atoms with Gasteiger partial charge in [-0.25, -0.2) is 0 Å². The van der Waals surface area contributed by atoms with Crippen LogP contribution in [-0.2, 0) is 25.9 Å². The van der Waals surface area contributed by atoms with Gasteiger partial charge in [0.15, 0.2) is 0 Å². The first-order chi connectivity index (χ1) is 9.99. The molecule has 1 aliphatic rings. The van der Waals surface area contributed by atoms with Crippen LogP contribution >= 0.6 is 0 Å². The number of rotatable bonds is 3. The molecule has 0 unspecified atom stereocenters. The molecule has 0 saturated carbocycles. The number of alkyl halides is 3. The van der Waals surface area contributed by atoms with Gasteiger partial charge in [0.25, 0.3) is 0 Å². The number of aromatic nitrogens is 2. The standard InChI is InChI=1S/C15H16F3N3/c16-15(17,18)7-11-1-3-12(4-2-11)9-21-6-5-14-13(10-21)8-19-20-14/h1-4,8H,5-7,9-10H2,(H,19,20). The largest absolute Gasteiger partial charge is 0.393 e. The second kappa shape index (κ2) is 5.52. The van der Waals surface area contributed by atoms with Gasteiger partial charge in [-0.3, -0.25) is 10.00 Å². The van der Waals surface area contributed by atoms with Crippen LogP contribution < -0.4 is 0 Å². The van der Waals surface area contributed by atoms with Gasteiger partial charge in [0, 0.05) is 37.3 Å². The SMILES string of the molecule is FC(F)(F)Cc1ccc(CN2CCc3[nH]ncc3C2)cc1. The summed E-state index contributed by atoms with van der Waals surface area (Å²) in [5, 5.41) is 7.02. The molecule has 2 heterocycles. The molecule has 112 valence electrons. The number of aromatic amines is 1. The summed E-state index contributed by atoms with van der Waals surface area (Å²) in [6.07, 6.45) is -2.24. The number of nitrogens with zero attached hydrogens (tertiary/aromatic N) is 2. The Kier molecular flexibility index (Phi) is 3.71. The van der Waals surface area contributed by atoms with E-state index in [9.17, 15) is 13.2 Å². The monoisotopic (exact) mass is 295 g/mol. The van der Waals surface area contributed by atoms with Crippen LogP contribution in [0.4, 0.5) is 13.2 Å². The fourth-order valence-corrected chi connectivity index (χ4v) is 2.67. The quantitative estimate of drug-likeness (QED) is 0.943. The third-order valence-corrected chi connectivity index (χ3v) is 3.71. The zero-order chi connectivity index (χ0) is 14.9. The lowest BCUT2D eigenvalue weighted by Gasteiger charge is -2.26. The van der Waals surface area contributed by atoms with Gasteiger partial charge in [0.2, 0.25) is 0 Å². The van der Waals surface area contributed by atoms with E-state index in [2.05, 4.69) is 15.1 Å². The van der Waals surface area contributed by atoms with Crippen LogP contribution in [0.25, 0.3) is 0 Å². The average Bonchev–Trinajstić information content (AvgIpc) is 2.87. The van der Waals surface area contributed by atoms with Gasteiger partial charge < -0.3 is 0 Å². The van der Waals surface area contributed by atoms with Crippen molar-refractivity contribution in [1.29, 1.82) is 0 Å². The Balaban J connectivity index is 1.61. The molecule has 0 spiro atoms. The lowest BCUT2D eigenvalue weighted by Crippen LogP contribution is -2.29. The lowest BCUT2D eigenvalue weighted by atomic mass is 10.1. The molecule has 6 heteroatoms. The molecule has 3 nitrogen and oxygen atoms in total. The van der Waals surface area contributed by atoms with E-state index < -0.39 is 12.6 Å². The molecule has 2 aromatic rings. The summed E-state index contributed by atoms with van der Waals surface area (Å²) in [6, 6.07) is 6.70. The van der Waals surface area contributed by atoms with Crippen molar-refractivity contribution in [2.45, 2.75) is 32.1 Å². The van der Waals surface area contributed by atoms with Crippen molar-refractivity contribution < 1.29 is 13.2 Å². The van der Waals surface area contributed by atoms with Gasteiger partial charge in [-0.05, 0) is 11.1 Å². The second-order valence-electron chi connectivity index (χ2n) is 5.44. The molecule has 0 saturated heterocycles. The Hall–Kier alpha value is -1.82. The Morgan fingerprint density at radius 2 is 1.86 bits per heavy atom. The number of H-pyrrole nitrogens is 1. The number of nitrogens with one attached hydrogen (secondary N) is 1. The molecule has 21 heavy (non-hydrogen) atoms. The van der Waals surface area contributed by atoms with Gasteiger partial charge in [-0.2, -0.15) is 18.3 Å². The van der Waals surface area contributed by atoms with Crippen molar-refractivity contribution in [1.82, 2.24) is 15.1 Å². The topological polar surface area (TPSA) is 31.9 Å². The van der Waals surface area contributed by atoms with Gasteiger partial charge in [-0.15, -0.1) is 0 Å². The molecule has 0 atom stereocenters. The molecule has 0 aliphatic carbocycles. The van der Waals surface area contributed by atoms with Crippen molar-refractivity contribution in [2.75, 3.05) is 6.54 Å². The van der Waals surface area contributed by atoms with E-state index in [0.717, 1.165) is 31.6 Å². The number of benzene rings is 1. The number of fused-ring (bicyclic) bond motifs is 1. The predicted octanol–water partition coefficient (Wildman–Crippen LogP) is 3.07. The highest BCUT2D eigenvalue weighted by Crippen LogP contribution is 2.22. The van der Waals surface area contributed by atoms with Crippen molar-refractivity contribution >= 4 is 0 Å². The molecule has 1 N–H and O–H groups in total. The normalized spacial score (nSPS) is 16.0. The summed E-state index contributed by atoms with van der Waals surface area (Å²) in [5.41, 5.74) is 3.73. The van der Waals surface area contributed by atoms with E-state index in [4.69, 9.17) is 0 Å². The van der Waals surface area contributed by atoms with Crippen molar-refractivity contribution in [3.63, 3.8) is 0 Å². The fraction of sp³-hybridized carbons (Fsp3) is 0.400. The number of hydrogen-bond donors (Lipinski definition) is 1. The van der Waals surface area contributed by atoms with E-state index in [1.807, 2.05) is 6.20 Å². The minimum Gasteiger partial charge on any atom is -0.294 e. The zero-order valence-electron chi connectivity index (χ0n) is 11.5. The summed E-state index contributed by atoms with van der Waals surface area (Å²) >= 11 is 0. The molecule has 0 radical (unpaired) electrons. The van der Waals surface area contributed by atoms with Gasteiger partial charge in [-0.1, -0.05) is 24.3 Å². The first-order valence-corrected chi connectivity index (χ1v) is 6.88. The van der Waals surface area contributed by atoms with Gasteiger partial charge in [0.1, 0.15) is 0 Å². The average molecular weight is 295 g/mol. The van der Waals surface area contributed by atoms with Crippen LogP contribution in [0.2, 0.25) is 0 Å². The van der Waals surface area contributed by atoms with Gasteiger partial charge in [0.05, 0.1) is 12.6 Å². The first kappa shape index (κ1) is 14.1. The molecule has 0 fully saturated rings. The first-order valence-electron chi connectivity index (χ1n) is 6.88. The predicted molar refractivity (Wildman–Crippen MR) is 72.6 cm³/mol. The van der Waals surface area contributed by atoms with E-state index >= 15 is 0 Å². The smallest absolute Gasteiger partial charge is 0.294 e. The van der Waals surface area contributed by atoms with Crippen molar-refractivity contribution in [2.24, 2.45) is 0 Å². The molecular formula is C15H16F3N3. The van der Waals surface area contributed by atoms with Crippen LogP contribution in [0, 0.1) is 0 Å². The van der Waals surface area contributed by atoms with Crippen LogP contribution in [0.15, 0.2) is 30.5 Å². The molecular weight excluding hydrogens is 279 g/mol. The summed E-state index contributed by atoms with van der Waals surface area (Å²) in [5.74, 6) is 0. The zero-order valence-corrected chi connectivity index (χ0v) is 11.5. The molecule has 1 aromatic carbocycles. The molecule has 1 aliphatic heterocycles. The van der Waals surface area contributed by atoms with E-state index in [1.165, 1.54) is 11.3 Å². The maximum absolute atomic E-state index is 12.3. The maximum atomic E-state index is 12.3. The van der Waals surface area contributed by atoms with E-state index in [1.54, 1.807) is 24.3 Å². The van der Waals surface area contributed by atoms with Crippen LogP contribution in [0.3, 0.4) is 0 Å². The molecule has 3 rings (SSSR count). The third-order valence-electron chi connectivity index (χ3n) is 3.71. The number of halogens is 3. The summed E-state index contributed by atoms with van der Waals surface area (Å²) in [6.45, 7) is 2.51. The highest BCUT2D eigenvalue weighted by molar-refractivity contribution is 5.24. The Bertz CT molecular complexity index is 601. The van der Waals surface area contributed by atoms with Gasteiger partial charge >= 0.3 is 6.18 Å². The molecule has 1 aromatic heterocycles. The van der Waals surface area contributed by atoms with E-state index in [-0.39, 0.29) is 0 Å². The third kappa shape index (κ3) is 3.64. The van der Waals surface area contributed by atoms with E-state index in [0.29, 0.717) is 5.56 Å². The summed E-state index contributed by atoms with van der Waals surface area (Å²) in [4.78, 5) is 2.27. The Morgan fingerprint density at radius 3 is 2.57 bits per heavy atom. The minimum atomic E-state index is -4.15. The molecule has 0 bridgehead atoms. The van der Waals surface area contributed by atoms with Crippen LogP contribution in [-0.4, -0.2) is 27.8 Å². The summed E-state index contributed by atoms with van der Waals surface area (Å²) in [7, 11) is 0. The van der Waals surface area contributed by atoms with Crippen LogP contribution in [0.5, 0.6) is 0 Å². The second-order valence-corrected chi connectivity index (χ2v) is 5.44. The summed E-state index contributed by atoms with van der Waals surface area (Å²) < 4.78 is 36.9. The lowest BCUT2D eigenvalue weighted by molar-refractivity contribution is -0.127.